The molecule has 0 fully saturated rings. The summed E-state index contributed by atoms with van der Waals surface area (Å²) in [6.07, 6.45) is 1.09. The third-order valence-electron chi connectivity index (χ3n) is 3.38. The van der Waals surface area contributed by atoms with Gasteiger partial charge in [0, 0.05) is 17.6 Å². The maximum Gasteiger partial charge on any atom is 0.0211 e. The lowest BCUT2D eigenvalue weighted by Crippen LogP contribution is -2.14. The van der Waals surface area contributed by atoms with Gasteiger partial charge < -0.3 is 5.32 Å². The summed E-state index contributed by atoms with van der Waals surface area (Å²) in [6.45, 7) is 6.14. The molecule has 0 saturated heterocycles. The van der Waals surface area contributed by atoms with E-state index in [4.69, 9.17) is 0 Å². The van der Waals surface area contributed by atoms with Crippen LogP contribution in [-0.2, 0) is 19.5 Å². The molecule has 1 N–H and O–H groups in total. The van der Waals surface area contributed by atoms with Crippen LogP contribution in [0.5, 0.6) is 0 Å². The van der Waals surface area contributed by atoms with Crippen molar-refractivity contribution in [3.63, 3.8) is 0 Å². The Bertz CT molecular complexity index is 549. The summed E-state index contributed by atoms with van der Waals surface area (Å²) < 4.78 is 1.18. The van der Waals surface area contributed by atoms with E-state index < -0.39 is 0 Å². The van der Waals surface area contributed by atoms with Gasteiger partial charge in [-0.05, 0) is 41.7 Å². The molecule has 0 saturated carbocycles. The van der Waals surface area contributed by atoms with E-state index in [-0.39, 0.29) is 0 Å². The molecule has 0 spiro atoms. The number of benzene rings is 2. The minimum Gasteiger partial charge on any atom is -0.309 e. The minimum atomic E-state index is 0.900. The summed E-state index contributed by atoms with van der Waals surface area (Å²) in [4.78, 5) is 0. The van der Waals surface area contributed by atoms with Gasteiger partial charge in [-0.2, -0.15) is 0 Å². The molecule has 0 aliphatic heterocycles. The zero-order chi connectivity index (χ0) is 13.7. The van der Waals surface area contributed by atoms with Crippen LogP contribution in [0, 0.1) is 6.92 Å². The van der Waals surface area contributed by atoms with E-state index >= 15 is 0 Å². The SMILES string of the molecule is CCc1ccccc1CNCc1ccc(C)c(Br)c1. The van der Waals surface area contributed by atoms with Crippen LogP contribution in [0.25, 0.3) is 0 Å². The van der Waals surface area contributed by atoms with Gasteiger partial charge >= 0.3 is 0 Å². The van der Waals surface area contributed by atoms with Crippen molar-refractivity contribution >= 4 is 15.9 Å². The van der Waals surface area contributed by atoms with E-state index in [0.29, 0.717) is 0 Å². The third-order valence-corrected chi connectivity index (χ3v) is 4.23. The fourth-order valence-electron chi connectivity index (χ4n) is 2.16. The maximum atomic E-state index is 3.58. The fraction of sp³-hybridized carbons (Fsp3) is 0.294. The number of hydrogen-bond donors (Lipinski definition) is 1. The first kappa shape index (κ1) is 14.3. The fourth-order valence-corrected chi connectivity index (χ4v) is 2.59. The van der Waals surface area contributed by atoms with Gasteiger partial charge in [0.15, 0.2) is 0 Å². The third kappa shape index (κ3) is 3.92. The number of halogens is 1. The lowest BCUT2D eigenvalue weighted by Gasteiger charge is -2.10. The molecule has 0 aliphatic rings. The minimum absolute atomic E-state index is 0.900. The van der Waals surface area contributed by atoms with Gasteiger partial charge in [0.2, 0.25) is 0 Å². The van der Waals surface area contributed by atoms with Crippen LogP contribution in [0.4, 0.5) is 0 Å². The quantitative estimate of drug-likeness (QED) is 0.849. The van der Waals surface area contributed by atoms with Gasteiger partial charge in [-0.3, -0.25) is 0 Å². The summed E-state index contributed by atoms with van der Waals surface area (Å²) >= 11 is 3.58. The molecule has 0 radical (unpaired) electrons. The highest BCUT2D eigenvalue weighted by atomic mass is 79.9. The van der Waals surface area contributed by atoms with Crippen molar-refractivity contribution in [2.24, 2.45) is 0 Å². The Kier molecular flexibility index (Phi) is 5.17. The monoisotopic (exact) mass is 317 g/mol. The predicted octanol–water partition coefficient (Wildman–Crippen LogP) is 4.61. The van der Waals surface area contributed by atoms with Crippen LogP contribution in [0.2, 0.25) is 0 Å². The number of aryl methyl sites for hydroxylation is 2. The zero-order valence-corrected chi connectivity index (χ0v) is 13.1. The molecule has 0 unspecified atom stereocenters. The summed E-state index contributed by atoms with van der Waals surface area (Å²) in [5.74, 6) is 0. The van der Waals surface area contributed by atoms with Crippen molar-refractivity contribution in [3.8, 4) is 0 Å². The molecule has 19 heavy (non-hydrogen) atoms. The molecular formula is C17H20BrN. The second kappa shape index (κ2) is 6.88. The highest BCUT2D eigenvalue weighted by Gasteiger charge is 2.00. The second-order valence-corrected chi connectivity index (χ2v) is 5.66. The molecule has 0 amide bonds. The molecule has 0 atom stereocenters. The molecule has 0 heterocycles. The molecule has 1 nitrogen and oxygen atoms in total. The average molecular weight is 318 g/mol. The van der Waals surface area contributed by atoms with Crippen molar-refractivity contribution < 1.29 is 0 Å². The van der Waals surface area contributed by atoms with Crippen molar-refractivity contribution in [1.82, 2.24) is 5.32 Å². The van der Waals surface area contributed by atoms with E-state index in [2.05, 4.69) is 77.6 Å². The van der Waals surface area contributed by atoms with Gasteiger partial charge in [0.05, 0.1) is 0 Å². The molecule has 2 heteroatoms. The van der Waals surface area contributed by atoms with Crippen LogP contribution in [0.1, 0.15) is 29.2 Å². The average Bonchev–Trinajstić information content (AvgIpc) is 2.43. The largest absolute Gasteiger partial charge is 0.309 e. The zero-order valence-electron chi connectivity index (χ0n) is 11.5. The Labute approximate surface area is 124 Å². The Morgan fingerprint density at radius 3 is 2.42 bits per heavy atom. The molecule has 0 aliphatic carbocycles. The molecule has 2 rings (SSSR count). The number of rotatable bonds is 5. The Morgan fingerprint density at radius 2 is 1.74 bits per heavy atom. The molecular weight excluding hydrogens is 298 g/mol. The van der Waals surface area contributed by atoms with Gasteiger partial charge in [-0.15, -0.1) is 0 Å². The lowest BCUT2D eigenvalue weighted by molar-refractivity contribution is 0.688. The Balaban J connectivity index is 1.94. The van der Waals surface area contributed by atoms with E-state index in [1.807, 2.05) is 0 Å². The van der Waals surface area contributed by atoms with Crippen molar-refractivity contribution in [2.45, 2.75) is 33.4 Å². The second-order valence-electron chi connectivity index (χ2n) is 4.81. The van der Waals surface area contributed by atoms with E-state index in [0.717, 1.165) is 19.5 Å². The predicted molar refractivity (Wildman–Crippen MR) is 85.2 cm³/mol. The smallest absolute Gasteiger partial charge is 0.0211 e. The first-order chi connectivity index (χ1) is 9.20. The summed E-state index contributed by atoms with van der Waals surface area (Å²) in [6, 6.07) is 15.2. The normalized spacial score (nSPS) is 10.7. The van der Waals surface area contributed by atoms with Crippen LogP contribution in [0.15, 0.2) is 46.9 Å². The first-order valence-electron chi connectivity index (χ1n) is 6.73. The Hall–Kier alpha value is -1.12. The standard InChI is InChI=1S/C17H20BrN/c1-3-15-6-4-5-7-16(15)12-19-11-14-9-8-13(2)17(18)10-14/h4-10,19H,3,11-12H2,1-2H3. The van der Waals surface area contributed by atoms with Gasteiger partial charge in [0.1, 0.15) is 0 Å². The van der Waals surface area contributed by atoms with Crippen molar-refractivity contribution in [3.05, 3.63) is 69.2 Å². The highest BCUT2D eigenvalue weighted by Crippen LogP contribution is 2.17. The lowest BCUT2D eigenvalue weighted by atomic mass is 10.1. The number of nitrogens with one attached hydrogen (secondary N) is 1. The van der Waals surface area contributed by atoms with Gasteiger partial charge in [0.25, 0.3) is 0 Å². The first-order valence-corrected chi connectivity index (χ1v) is 7.52. The molecule has 2 aromatic rings. The summed E-state index contributed by atoms with van der Waals surface area (Å²) in [7, 11) is 0. The Morgan fingerprint density at radius 1 is 1.00 bits per heavy atom. The van der Waals surface area contributed by atoms with E-state index in [1.54, 1.807) is 0 Å². The highest BCUT2D eigenvalue weighted by molar-refractivity contribution is 9.10. The summed E-state index contributed by atoms with van der Waals surface area (Å²) in [5, 5.41) is 3.52. The topological polar surface area (TPSA) is 12.0 Å². The van der Waals surface area contributed by atoms with Crippen LogP contribution < -0.4 is 5.32 Å². The van der Waals surface area contributed by atoms with E-state index in [1.165, 1.54) is 26.7 Å². The van der Waals surface area contributed by atoms with Crippen LogP contribution >= 0.6 is 15.9 Å². The summed E-state index contributed by atoms with van der Waals surface area (Å²) in [5.41, 5.74) is 5.42. The maximum absolute atomic E-state index is 3.58. The molecule has 0 aromatic heterocycles. The van der Waals surface area contributed by atoms with Crippen molar-refractivity contribution in [1.29, 1.82) is 0 Å². The molecule has 100 valence electrons. The van der Waals surface area contributed by atoms with E-state index in [9.17, 15) is 0 Å². The van der Waals surface area contributed by atoms with Crippen molar-refractivity contribution in [2.75, 3.05) is 0 Å². The van der Waals surface area contributed by atoms with Gasteiger partial charge in [-0.1, -0.05) is 59.3 Å². The number of hydrogen-bond acceptors (Lipinski definition) is 1. The van der Waals surface area contributed by atoms with Crippen LogP contribution in [-0.4, -0.2) is 0 Å². The van der Waals surface area contributed by atoms with Crippen LogP contribution in [0.3, 0.4) is 0 Å². The molecule has 2 aromatic carbocycles. The molecule has 0 bridgehead atoms. The van der Waals surface area contributed by atoms with Gasteiger partial charge in [-0.25, -0.2) is 0 Å².